The molecular formula is C19H13N3O3. The predicted octanol–water partition coefficient (Wildman–Crippen LogP) is 2.79. The van der Waals surface area contributed by atoms with E-state index >= 15 is 0 Å². The van der Waals surface area contributed by atoms with E-state index in [0.717, 1.165) is 11.0 Å². The second kappa shape index (κ2) is 5.76. The Hall–Kier alpha value is -3.67. The van der Waals surface area contributed by atoms with E-state index in [2.05, 4.69) is 15.3 Å². The van der Waals surface area contributed by atoms with Crippen LogP contribution in [0.2, 0.25) is 0 Å². The van der Waals surface area contributed by atoms with Gasteiger partial charge in [-0.1, -0.05) is 36.4 Å². The number of aromatic amines is 2. The highest BCUT2D eigenvalue weighted by atomic mass is 16.2. The van der Waals surface area contributed by atoms with Gasteiger partial charge in [-0.15, -0.1) is 0 Å². The van der Waals surface area contributed by atoms with Crippen LogP contribution in [0.3, 0.4) is 0 Å². The lowest BCUT2D eigenvalue weighted by Gasteiger charge is -2.02. The summed E-state index contributed by atoms with van der Waals surface area (Å²) in [6.07, 6.45) is 2.99. The summed E-state index contributed by atoms with van der Waals surface area (Å²) in [5, 5.41) is 3.49. The minimum atomic E-state index is -0.958. The van der Waals surface area contributed by atoms with Crippen LogP contribution in [0.25, 0.3) is 21.8 Å². The minimum Gasteiger partial charge on any atom is -0.360 e. The summed E-state index contributed by atoms with van der Waals surface area (Å²) < 4.78 is 0. The van der Waals surface area contributed by atoms with Gasteiger partial charge in [-0.25, -0.2) is 0 Å². The Balaban J connectivity index is 1.59. The number of para-hydroxylation sites is 2. The number of imide groups is 1. The molecule has 2 aromatic carbocycles. The van der Waals surface area contributed by atoms with Crippen molar-refractivity contribution >= 4 is 39.4 Å². The molecule has 3 N–H and O–H groups in total. The molecule has 0 aliphatic rings. The van der Waals surface area contributed by atoms with Gasteiger partial charge in [0.25, 0.3) is 17.6 Å². The summed E-state index contributed by atoms with van der Waals surface area (Å²) in [6.45, 7) is 0. The third-order valence-electron chi connectivity index (χ3n) is 4.10. The molecule has 0 saturated carbocycles. The van der Waals surface area contributed by atoms with Crippen molar-refractivity contribution in [3.05, 3.63) is 72.1 Å². The number of rotatable bonds is 3. The van der Waals surface area contributed by atoms with Crippen LogP contribution >= 0.6 is 0 Å². The Morgan fingerprint density at radius 3 is 1.88 bits per heavy atom. The standard InChI is InChI=1S/C19H13N3O3/c23-17(13-9-20-15-7-3-1-5-11(13)15)19(25)22-18(24)14-10-21-16-8-4-2-6-12(14)16/h1-10,20-21H,(H,22,24,25). The maximum absolute atomic E-state index is 12.4. The molecule has 4 aromatic rings. The largest absolute Gasteiger partial charge is 0.360 e. The first-order chi connectivity index (χ1) is 12.1. The number of nitrogens with one attached hydrogen (secondary N) is 3. The number of H-pyrrole nitrogens is 2. The molecule has 0 radical (unpaired) electrons. The molecule has 0 unspecified atom stereocenters. The van der Waals surface area contributed by atoms with Crippen molar-refractivity contribution in [1.29, 1.82) is 0 Å². The van der Waals surface area contributed by atoms with E-state index in [-0.39, 0.29) is 5.56 Å². The van der Waals surface area contributed by atoms with Crippen LogP contribution in [0, 0.1) is 0 Å². The molecule has 0 spiro atoms. The van der Waals surface area contributed by atoms with Crippen molar-refractivity contribution in [3.8, 4) is 0 Å². The van der Waals surface area contributed by atoms with Gasteiger partial charge in [0.2, 0.25) is 0 Å². The van der Waals surface area contributed by atoms with Crippen LogP contribution in [-0.4, -0.2) is 27.6 Å². The molecule has 6 nitrogen and oxygen atoms in total. The van der Waals surface area contributed by atoms with Gasteiger partial charge in [-0.2, -0.15) is 0 Å². The zero-order valence-electron chi connectivity index (χ0n) is 13.0. The van der Waals surface area contributed by atoms with Crippen molar-refractivity contribution in [2.75, 3.05) is 0 Å². The monoisotopic (exact) mass is 331 g/mol. The fraction of sp³-hybridized carbons (Fsp3) is 0. The Kier molecular flexibility index (Phi) is 3.43. The molecule has 2 heterocycles. The van der Waals surface area contributed by atoms with Crippen LogP contribution in [0.4, 0.5) is 0 Å². The van der Waals surface area contributed by atoms with E-state index in [4.69, 9.17) is 0 Å². The lowest BCUT2D eigenvalue weighted by molar-refractivity contribution is -0.116. The number of aromatic nitrogens is 2. The second-order valence-electron chi connectivity index (χ2n) is 5.61. The van der Waals surface area contributed by atoms with E-state index in [0.29, 0.717) is 16.3 Å². The maximum atomic E-state index is 12.4. The Morgan fingerprint density at radius 2 is 1.24 bits per heavy atom. The number of hydrogen-bond acceptors (Lipinski definition) is 3. The fourth-order valence-corrected chi connectivity index (χ4v) is 2.87. The van der Waals surface area contributed by atoms with Crippen molar-refractivity contribution in [2.45, 2.75) is 0 Å². The Labute approximate surface area is 141 Å². The zero-order valence-corrected chi connectivity index (χ0v) is 13.0. The van der Waals surface area contributed by atoms with E-state index in [9.17, 15) is 14.4 Å². The molecule has 0 aliphatic heterocycles. The molecule has 2 aromatic heterocycles. The second-order valence-corrected chi connectivity index (χ2v) is 5.61. The van der Waals surface area contributed by atoms with Crippen LogP contribution in [0.15, 0.2) is 60.9 Å². The first-order valence-electron chi connectivity index (χ1n) is 7.67. The summed E-state index contributed by atoms with van der Waals surface area (Å²) in [4.78, 5) is 42.9. The molecule has 0 bridgehead atoms. The van der Waals surface area contributed by atoms with Gasteiger partial charge < -0.3 is 9.97 Å². The van der Waals surface area contributed by atoms with Gasteiger partial charge in [0.1, 0.15) is 0 Å². The summed E-state index contributed by atoms with van der Waals surface area (Å²) in [5.41, 5.74) is 2.08. The van der Waals surface area contributed by atoms with Gasteiger partial charge >= 0.3 is 0 Å². The Morgan fingerprint density at radius 1 is 0.720 bits per heavy atom. The van der Waals surface area contributed by atoms with Crippen molar-refractivity contribution < 1.29 is 14.4 Å². The normalized spacial score (nSPS) is 10.9. The SMILES string of the molecule is O=C(NC(=O)c1c[nH]c2ccccc12)C(=O)c1c[nH]c2ccccc12. The lowest BCUT2D eigenvalue weighted by Crippen LogP contribution is -2.35. The summed E-state index contributed by atoms with van der Waals surface area (Å²) in [6, 6.07) is 14.4. The van der Waals surface area contributed by atoms with Gasteiger partial charge in [0.15, 0.2) is 0 Å². The molecule has 4 rings (SSSR count). The van der Waals surface area contributed by atoms with Gasteiger partial charge in [0, 0.05) is 34.2 Å². The molecular weight excluding hydrogens is 318 g/mol. The summed E-state index contributed by atoms with van der Waals surface area (Å²) >= 11 is 0. The summed E-state index contributed by atoms with van der Waals surface area (Å²) in [7, 11) is 0. The number of benzene rings is 2. The molecule has 0 saturated heterocycles. The number of ketones is 1. The molecule has 0 atom stereocenters. The average Bonchev–Trinajstić information content (AvgIpc) is 3.25. The van der Waals surface area contributed by atoms with Crippen molar-refractivity contribution in [3.63, 3.8) is 0 Å². The van der Waals surface area contributed by atoms with E-state index in [1.807, 2.05) is 18.2 Å². The third-order valence-corrected chi connectivity index (χ3v) is 4.10. The smallest absolute Gasteiger partial charge is 0.299 e. The molecule has 122 valence electrons. The van der Waals surface area contributed by atoms with E-state index < -0.39 is 17.6 Å². The van der Waals surface area contributed by atoms with Crippen LogP contribution in [-0.2, 0) is 4.79 Å². The predicted molar refractivity (Wildman–Crippen MR) is 93.4 cm³/mol. The number of amides is 2. The maximum Gasteiger partial charge on any atom is 0.299 e. The highest BCUT2D eigenvalue weighted by molar-refractivity contribution is 6.47. The molecule has 6 heteroatoms. The first kappa shape index (κ1) is 14.9. The quantitative estimate of drug-likeness (QED) is 0.398. The first-order valence-corrected chi connectivity index (χ1v) is 7.67. The van der Waals surface area contributed by atoms with Crippen LogP contribution in [0.5, 0.6) is 0 Å². The highest BCUT2D eigenvalue weighted by Gasteiger charge is 2.23. The van der Waals surface area contributed by atoms with Crippen molar-refractivity contribution in [1.82, 2.24) is 15.3 Å². The fourth-order valence-electron chi connectivity index (χ4n) is 2.87. The van der Waals surface area contributed by atoms with Gasteiger partial charge in [-0.05, 0) is 12.1 Å². The topological polar surface area (TPSA) is 94.8 Å². The third kappa shape index (κ3) is 2.49. The zero-order chi connectivity index (χ0) is 17.4. The molecule has 0 aliphatic carbocycles. The van der Waals surface area contributed by atoms with Crippen LogP contribution in [0.1, 0.15) is 20.7 Å². The minimum absolute atomic E-state index is 0.236. The van der Waals surface area contributed by atoms with E-state index in [1.165, 1.54) is 12.4 Å². The van der Waals surface area contributed by atoms with E-state index in [1.54, 1.807) is 30.3 Å². The van der Waals surface area contributed by atoms with Crippen molar-refractivity contribution in [2.24, 2.45) is 0 Å². The number of carbonyl (C=O) groups is 3. The van der Waals surface area contributed by atoms with Crippen LogP contribution < -0.4 is 5.32 Å². The molecule has 2 amide bonds. The molecule has 25 heavy (non-hydrogen) atoms. The number of fused-ring (bicyclic) bond motifs is 2. The van der Waals surface area contributed by atoms with Gasteiger partial charge in [-0.3, -0.25) is 19.7 Å². The summed E-state index contributed by atoms with van der Waals surface area (Å²) in [5.74, 6) is -2.33. The number of carbonyl (C=O) groups excluding carboxylic acids is 3. The van der Waals surface area contributed by atoms with Gasteiger partial charge in [0.05, 0.1) is 11.1 Å². The average molecular weight is 331 g/mol. The number of Topliss-reactive ketones (excluding diaryl/α,β-unsaturated/α-hetero) is 1. The lowest BCUT2D eigenvalue weighted by atomic mass is 10.1. The Bertz CT molecular complexity index is 1140. The number of hydrogen-bond donors (Lipinski definition) is 3. The highest BCUT2D eigenvalue weighted by Crippen LogP contribution is 2.19. The molecule has 0 fully saturated rings.